The van der Waals surface area contributed by atoms with Gasteiger partial charge >= 0.3 is 6.18 Å². The van der Waals surface area contributed by atoms with Gasteiger partial charge in [-0.15, -0.1) is 11.3 Å². The average Bonchev–Trinajstić information content (AvgIpc) is 3.56. The third kappa shape index (κ3) is 5.29. The first kappa shape index (κ1) is 25.6. The number of alkyl halides is 3. The lowest BCUT2D eigenvalue weighted by molar-refractivity contribution is -0.137. The second-order valence-corrected chi connectivity index (χ2v) is 11.2. The number of nitrogens with zero attached hydrogens (tertiary/aromatic N) is 2. The van der Waals surface area contributed by atoms with E-state index in [1.54, 1.807) is 0 Å². The Balaban J connectivity index is 1.04. The van der Waals surface area contributed by atoms with Gasteiger partial charge in [0.1, 0.15) is 0 Å². The number of hydrogen-bond donors (Lipinski definition) is 1. The lowest BCUT2D eigenvalue weighted by atomic mass is 10.0. The molecular weight excluding hydrogens is 523 g/mol. The minimum atomic E-state index is -4.37. The van der Waals surface area contributed by atoms with Crippen LogP contribution in [0.2, 0.25) is 0 Å². The van der Waals surface area contributed by atoms with Gasteiger partial charge in [-0.25, -0.2) is 0 Å². The molecule has 39 heavy (non-hydrogen) atoms. The van der Waals surface area contributed by atoms with Crippen molar-refractivity contribution in [2.45, 2.75) is 24.7 Å². The van der Waals surface area contributed by atoms with Crippen LogP contribution in [0.25, 0.3) is 21.2 Å². The quantitative estimate of drug-likeness (QED) is 0.337. The van der Waals surface area contributed by atoms with Gasteiger partial charge in [0.2, 0.25) is 0 Å². The lowest BCUT2D eigenvalue weighted by Gasteiger charge is -2.40. The van der Waals surface area contributed by atoms with Crippen molar-refractivity contribution in [3.63, 3.8) is 0 Å². The van der Waals surface area contributed by atoms with Gasteiger partial charge in [-0.1, -0.05) is 42.5 Å². The van der Waals surface area contributed by atoms with E-state index in [9.17, 15) is 22.8 Å². The molecule has 0 saturated carbocycles. The molecule has 0 unspecified atom stereocenters. The Kier molecular flexibility index (Phi) is 6.64. The normalized spacial score (nSPS) is 18.0. The predicted octanol–water partition coefficient (Wildman–Crippen LogP) is 5.92. The highest BCUT2D eigenvalue weighted by atomic mass is 32.1. The number of amides is 2. The molecule has 0 aliphatic carbocycles. The van der Waals surface area contributed by atoms with Gasteiger partial charge in [0.25, 0.3) is 11.8 Å². The van der Waals surface area contributed by atoms with E-state index in [1.807, 2.05) is 64.4 Å². The van der Waals surface area contributed by atoms with Crippen molar-refractivity contribution in [3.8, 4) is 11.1 Å². The molecule has 1 atom stereocenters. The van der Waals surface area contributed by atoms with E-state index in [1.165, 1.54) is 23.5 Å². The van der Waals surface area contributed by atoms with Crippen molar-refractivity contribution < 1.29 is 22.8 Å². The van der Waals surface area contributed by atoms with Gasteiger partial charge in [0.15, 0.2) is 0 Å². The van der Waals surface area contributed by atoms with Gasteiger partial charge in [0.05, 0.1) is 10.4 Å². The van der Waals surface area contributed by atoms with Crippen molar-refractivity contribution >= 4 is 33.2 Å². The third-order valence-corrected chi connectivity index (χ3v) is 8.50. The summed E-state index contributed by atoms with van der Waals surface area (Å²) in [7, 11) is 0. The fraction of sp³-hybridized carbons (Fsp3) is 0.267. The molecule has 2 saturated heterocycles. The number of carbonyl (C=O) groups excluding carboxylic acids is 2. The van der Waals surface area contributed by atoms with Crippen molar-refractivity contribution in [3.05, 3.63) is 94.9 Å². The first-order valence-corrected chi connectivity index (χ1v) is 13.7. The minimum Gasteiger partial charge on any atom is -0.337 e. The second-order valence-electron chi connectivity index (χ2n) is 10.1. The van der Waals surface area contributed by atoms with Crippen molar-refractivity contribution in [1.29, 1.82) is 0 Å². The van der Waals surface area contributed by atoms with Gasteiger partial charge in [-0.05, 0) is 59.3 Å². The highest BCUT2D eigenvalue weighted by molar-refractivity contribution is 7.20. The van der Waals surface area contributed by atoms with Crippen molar-refractivity contribution in [2.24, 2.45) is 0 Å². The van der Waals surface area contributed by atoms with E-state index in [0.717, 1.165) is 40.7 Å². The number of halogens is 3. The zero-order chi connectivity index (χ0) is 27.1. The van der Waals surface area contributed by atoms with Crippen LogP contribution in [0.1, 0.15) is 32.0 Å². The number of fused-ring (bicyclic) bond motifs is 1. The molecule has 0 bridgehead atoms. The van der Waals surface area contributed by atoms with Crippen LogP contribution in [0, 0.1) is 0 Å². The molecule has 3 aromatic carbocycles. The largest absolute Gasteiger partial charge is 0.416 e. The maximum absolute atomic E-state index is 13.1. The Labute approximate surface area is 227 Å². The van der Waals surface area contributed by atoms with Crippen LogP contribution in [0.4, 0.5) is 13.2 Å². The number of likely N-dealkylation sites (tertiary alicyclic amines) is 2. The number of thiophene rings is 1. The molecule has 6 rings (SSSR count). The Morgan fingerprint density at radius 2 is 1.49 bits per heavy atom. The highest BCUT2D eigenvalue weighted by Gasteiger charge is 2.35. The lowest BCUT2D eigenvalue weighted by Crippen LogP contribution is -2.61. The summed E-state index contributed by atoms with van der Waals surface area (Å²) in [4.78, 5) is 30.2. The minimum absolute atomic E-state index is 0.0161. The number of nitrogens with one attached hydrogen (secondary N) is 1. The zero-order valence-corrected chi connectivity index (χ0v) is 21.8. The first-order valence-electron chi connectivity index (χ1n) is 12.9. The monoisotopic (exact) mass is 549 g/mol. The SMILES string of the molecule is O=C(c1ccccc1)N1CC[C@H](NC2CN(C(=O)c3cc4ccc(-c5ccc(C(F)(F)F)cc5)cc4s3)C2)C1. The van der Waals surface area contributed by atoms with Gasteiger partial charge in [0, 0.05) is 48.5 Å². The summed E-state index contributed by atoms with van der Waals surface area (Å²) in [6.45, 7) is 2.62. The van der Waals surface area contributed by atoms with E-state index in [0.29, 0.717) is 35.6 Å². The number of hydrogen-bond acceptors (Lipinski definition) is 4. The first-order chi connectivity index (χ1) is 18.7. The van der Waals surface area contributed by atoms with Crippen molar-refractivity contribution in [2.75, 3.05) is 26.2 Å². The fourth-order valence-electron chi connectivity index (χ4n) is 5.25. The molecule has 2 aliphatic rings. The van der Waals surface area contributed by atoms with Crippen LogP contribution in [-0.4, -0.2) is 59.9 Å². The molecule has 2 amide bonds. The van der Waals surface area contributed by atoms with Crippen LogP contribution in [-0.2, 0) is 6.18 Å². The molecule has 1 N–H and O–H groups in total. The zero-order valence-electron chi connectivity index (χ0n) is 20.9. The van der Waals surface area contributed by atoms with Crippen LogP contribution in [0.15, 0.2) is 78.9 Å². The van der Waals surface area contributed by atoms with Gasteiger partial charge < -0.3 is 15.1 Å². The van der Waals surface area contributed by atoms with E-state index in [-0.39, 0.29) is 23.9 Å². The van der Waals surface area contributed by atoms with Crippen LogP contribution >= 0.6 is 11.3 Å². The smallest absolute Gasteiger partial charge is 0.337 e. The van der Waals surface area contributed by atoms with Crippen LogP contribution in [0.3, 0.4) is 0 Å². The number of benzene rings is 3. The van der Waals surface area contributed by atoms with Gasteiger partial charge in [-0.3, -0.25) is 9.59 Å². The summed E-state index contributed by atoms with van der Waals surface area (Å²) in [5.74, 6) is 0.0363. The fourth-order valence-corrected chi connectivity index (χ4v) is 6.32. The summed E-state index contributed by atoms with van der Waals surface area (Å²) in [5, 5.41) is 4.53. The van der Waals surface area contributed by atoms with Crippen LogP contribution in [0.5, 0.6) is 0 Å². The van der Waals surface area contributed by atoms with Crippen molar-refractivity contribution in [1.82, 2.24) is 15.1 Å². The Morgan fingerprint density at radius 3 is 2.21 bits per heavy atom. The van der Waals surface area contributed by atoms with E-state index in [4.69, 9.17) is 0 Å². The maximum Gasteiger partial charge on any atom is 0.416 e. The Morgan fingerprint density at radius 1 is 0.795 bits per heavy atom. The molecule has 3 heterocycles. The van der Waals surface area contributed by atoms with E-state index >= 15 is 0 Å². The molecule has 1 aromatic heterocycles. The maximum atomic E-state index is 13.1. The topological polar surface area (TPSA) is 52.7 Å². The molecule has 2 aliphatic heterocycles. The summed E-state index contributed by atoms with van der Waals surface area (Å²) in [6.07, 6.45) is -3.48. The Hall–Kier alpha value is -3.69. The average molecular weight is 550 g/mol. The molecule has 200 valence electrons. The number of carbonyl (C=O) groups is 2. The molecule has 0 spiro atoms. The Bertz CT molecular complexity index is 1510. The predicted molar refractivity (Wildman–Crippen MR) is 146 cm³/mol. The summed E-state index contributed by atoms with van der Waals surface area (Å²) >= 11 is 1.40. The molecule has 5 nitrogen and oxygen atoms in total. The molecule has 2 fully saturated rings. The molecule has 0 radical (unpaired) electrons. The third-order valence-electron chi connectivity index (χ3n) is 7.41. The molecule has 9 heteroatoms. The second kappa shape index (κ2) is 10.1. The summed E-state index contributed by atoms with van der Waals surface area (Å²) < 4.78 is 39.6. The number of rotatable bonds is 5. The van der Waals surface area contributed by atoms with E-state index < -0.39 is 11.7 Å². The van der Waals surface area contributed by atoms with Crippen LogP contribution < -0.4 is 5.32 Å². The molecule has 4 aromatic rings. The molecular formula is C30H26F3N3O2S. The summed E-state index contributed by atoms with van der Waals surface area (Å²) in [5.41, 5.74) is 1.53. The van der Waals surface area contributed by atoms with E-state index in [2.05, 4.69) is 5.32 Å². The standard InChI is InChI=1S/C30H26F3N3O2S/c31-30(32,33)23-10-8-19(9-11-23)21-6-7-22-15-27(39-26(22)14-21)29(38)36-17-25(18-36)34-24-12-13-35(16-24)28(37)20-4-2-1-3-5-20/h1-11,14-15,24-25,34H,12-13,16-18H2/t24-/m0/s1. The highest BCUT2D eigenvalue weighted by Crippen LogP contribution is 2.34. The van der Waals surface area contributed by atoms with Gasteiger partial charge in [-0.2, -0.15) is 13.2 Å². The summed E-state index contributed by atoms with van der Waals surface area (Å²) in [6, 6.07) is 22.4.